The topological polar surface area (TPSA) is 43.9 Å². The monoisotopic (exact) mass is 435 g/mol. The third kappa shape index (κ3) is 2.61. The van der Waals surface area contributed by atoms with E-state index in [9.17, 15) is 9.59 Å². The van der Waals surface area contributed by atoms with Crippen LogP contribution < -0.4 is 4.90 Å². The Hall–Kier alpha value is -1.63. The second kappa shape index (κ2) is 6.71. The molecule has 144 valence electrons. The molecule has 5 rings (SSSR count). The van der Waals surface area contributed by atoms with Crippen molar-refractivity contribution in [3.8, 4) is 0 Å². The average Bonchev–Trinajstić information content (AvgIpc) is 3.30. The first-order valence-electron chi connectivity index (χ1n) is 9.09. The molecule has 0 N–H and O–H groups in total. The molecule has 8 heteroatoms. The SMILES string of the molecule is O=C1[C@H]2[C@@H](C(=O)N1c1ccc(Cl)cc1Cl)N1CCCN1[C@@H]2c1ccc(Cl)cc1. The van der Waals surface area contributed by atoms with Crippen LogP contribution in [0, 0.1) is 5.92 Å². The third-order valence-corrected chi connectivity index (χ3v) is 6.56. The van der Waals surface area contributed by atoms with E-state index in [0.717, 1.165) is 25.1 Å². The highest BCUT2D eigenvalue weighted by atomic mass is 35.5. The highest BCUT2D eigenvalue weighted by molar-refractivity contribution is 6.38. The number of amides is 2. The van der Waals surface area contributed by atoms with Gasteiger partial charge in [-0.2, -0.15) is 0 Å². The van der Waals surface area contributed by atoms with Crippen LogP contribution in [0.2, 0.25) is 15.1 Å². The Morgan fingerprint density at radius 3 is 2.11 bits per heavy atom. The van der Waals surface area contributed by atoms with Gasteiger partial charge in [0.15, 0.2) is 0 Å². The Labute approximate surface area is 177 Å². The van der Waals surface area contributed by atoms with E-state index in [2.05, 4.69) is 5.01 Å². The first-order valence-corrected chi connectivity index (χ1v) is 10.2. The lowest BCUT2D eigenvalue weighted by Gasteiger charge is -2.30. The summed E-state index contributed by atoms with van der Waals surface area (Å²) < 4.78 is 0. The molecule has 2 aromatic rings. The molecule has 3 aliphatic rings. The van der Waals surface area contributed by atoms with E-state index in [4.69, 9.17) is 34.8 Å². The molecule has 0 aliphatic carbocycles. The molecule has 2 amide bonds. The van der Waals surface area contributed by atoms with Crippen molar-refractivity contribution in [2.24, 2.45) is 5.92 Å². The lowest BCUT2D eigenvalue weighted by Crippen LogP contribution is -2.44. The summed E-state index contributed by atoms with van der Waals surface area (Å²) in [6, 6.07) is 11.6. The molecule has 2 aromatic carbocycles. The second-order valence-corrected chi connectivity index (χ2v) is 8.53. The third-order valence-electron chi connectivity index (χ3n) is 5.77. The lowest BCUT2D eigenvalue weighted by atomic mass is 9.90. The van der Waals surface area contributed by atoms with E-state index in [-0.39, 0.29) is 22.9 Å². The highest BCUT2D eigenvalue weighted by Crippen LogP contribution is 2.49. The largest absolute Gasteiger partial charge is 0.274 e. The summed E-state index contributed by atoms with van der Waals surface area (Å²) in [5.74, 6) is -0.947. The summed E-state index contributed by atoms with van der Waals surface area (Å²) in [7, 11) is 0. The number of hydrazine groups is 1. The van der Waals surface area contributed by atoms with Crippen molar-refractivity contribution in [3.63, 3.8) is 0 Å². The zero-order chi connectivity index (χ0) is 19.6. The normalized spacial score (nSPS) is 27.5. The van der Waals surface area contributed by atoms with Crippen LogP contribution in [0.1, 0.15) is 18.0 Å². The zero-order valence-corrected chi connectivity index (χ0v) is 17.0. The molecule has 5 nitrogen and oxygen atoms in total. The van der Waals surface area contributed by atoms with E-state index < -0.39 is 12.0 Å². The molecule has 0 unspecified atom stereocenters. The van der Waals surface area contributed by atoms with Gasteiger partial charge in [-0.1, -0.05) is 46.9 Å². The maximum absolute atomic E-state index is 13.5. The van der Waals surface area contributed by atoms with Crippen LogP contribution in [-0.2, 0) is 9.59 Å². The molecule has 0 bridgehead atoms. The predicted octanol–water partition coefficient (Wildman–Crippen LogP) is 4.18. The van der Waals surface area contributed by atoms with Gasteiger partial charge in [-0.25, -0.2) is 14.9 Å². The summed E-state index contributed by atoms with van der Waals surface area (Å²) in [6.45, 7) is 1.58. The van der Waals surface area contributed by atoms with Crippen molar-refractivity contribution in [2.45, 2.75) is 18.5 Å². The molecule has 0 saturated carbocycles. The average molecular weight is 437 g/mol. The van der Waals surface area contributed by atoms with Gasteiger partial charge < -0.3 is 0 Å². The number of imide groups is 1. The van der Waals surface area contributed by atoms with Gasteiger partial charge in [-0.3, -0.25) is 9.59 Å². The molecule has 0 radical (unpaired) electrons. The molecular formula is C20H16Cl3N3O2. The summed E-state index contributed by atoms with van der Waals surface area (Å²) in [6.07, 6.45) is 0.955. The van der Waals surface area contributed by atoms with Crippen LogP contribution in [0.25, 0.3) is 0 Å². The minimum atomic E-state index is -0.512. The maximum Gasteiger partial charge on any atom is 0.253 e. The first-order chi connectivity index (χ1) is 13.5. The van der Waals surface area contributed by atoms with Crippen LogP contribution >= 0.6 is 34.8 Å². The van der Waals surface area contributed by atoms with E-state index in [1.165, 1.54) is 4.90 Å². The maximum atomic E-state index is 13.5. The molecule has 3 atom stereocenters. The van der Waals surface area contributed by atoms with Crippen LogP contribution in [0.15, 0.2) is 42.5 Å². The fourth-order valence-electron chi connectivity index (χ4n) is 4.67. The molecule has 28 heavy (non-hydrogen) atoms. The van der Waals surface area contributed by atoms with Gasteiger partial charge >= 0.3 is 0 Å². The summed E-state index contributed by atoms with van der Waals surface area (Å²) in [5.41, 5.74) is 1.37. The van der Waals surface area contributed by atoms with Crippen LogP contribution in [0.4, 0.5) is 5.69 Å². The zero-order valence-electron chi connectivity index (χ0n) is 14.7. The number of hydrogen-bond acceptors (Lipinski definition) is 4. The van der Waals surface area contributed by atoms with Gasteiger partial charge in [0, 0.05) is 23.1 Å². The number of hydrogen-bond donors (Lipinski definition) is 0. The summed E-state index contributed by atoms with van der Waals surface area (Å²) in [4.78, 5) is 28.0. The molecule has 3 fully saturated rings. The predicted molar refractivity (Wildman–Crippen MR) is 108 cm³/mol. The van der Waals surface area contributed by atoms with Crippen molar-refractivity contribution >= 4 is 52.3 Å². The van der Waals surface area contributed by atoms with Gasteiger partial charge in [0.2, 0.25) is 5.91 Å². The highest BCUT2D eigenvalue weighted by Gasteiger charge is 2.63. The Morgan fingerprint density at radius 2 is 1.43 bits per heavy atom. The number of carbonyl (C=O) groups excluding carboxylic acids is 2. The van der Waals surface area contributed by atoms with Crippen molar-refractivity contribution in [1.82, 2.24) is 10.0 Å². The summed E-state index contributed by atoms with van der Waals surface area (Å²) in [5, 5.41) is 5.59. The fraction of sp³-hybridized carbons (Fsp3) is 0.300. The van der Waals surface area contributed by atoms with Crippen molar-refractivity contribution in [2.75, 3.05) is 18.0 Å². The van der Waals surface area contributed by atoms with E-state index in [0.29, 0.717) is 15.7 Å². The number of fused-ring (bicyclic) bond motifs is 3. The van der Waals surface area contributed by atoms with E-state index in [1.807, 2.05) is 29.3 Å². The Bertz CT molecular complexity index is 981. The Balaban J connectivity index is 1.59. The molecule has 3 aliphatic heterocycles. The Kier molecular flexibility index (Phi) is 4.41. The van der Waals surface area contributed by atoms with Crippen molar-refractivity contribution < 1.29 is 9.59 Å². The number of benzene rings is 2. The smallest absolute Gasteiger partial charge is 0.253 e. The molecule has 0 spiro atoms. The standard InChI is InChI=1S/C20H16Cl3N3O2/c21-12-4-2-11(3-5-12)17-16-18(25-9-1-8-24(17)25)20(28)26(19(16)27)15-7-6-13(22)10-14(15)23/h2-7,10,16-18H,1,8-9H2/t16-,17-,18+/m1/s1. The van der Waals surface area contributed by atoms with E-state index in [1.54, 1.807) is 18.2 Å². The van der Waals surface area contributed by atoms with Gasteiger partial charge in [0.05, 0.1) is 22.7 Å². The van der Waals surface area contributed by atoms with Crippen molar-refractivity contribution in [3.05, 3.63) is 63.1 Å². The van der Waals surface area contributed by atoms with Gasteiger partial charge in [-0.05, 0) is 42.3 Å². The van der Waals surface area contributed by atoms with Gasteiger partial charge in [0.25, 0.3) is 5.91 Å². The summed E-state index contributed by atoms with van der Waals surface area (Å²) >= 11 is 18.3. The number of nitrogens with zero attached hydrogens (tertiary/aromatic N) is 3. The van der Waals surface area contributed by atoms with E-state index >= 15 is 0 Å². The quantitative estimate of drug-likeness (QED) is 0.663. The molecular weight excluding hydrogens is 421 g/mol. The van der Waals surface area contributed by atoms with Gasteiger partial charge in [-0.15, -0.1) is 0 Å². The van der Waals surface area contributed by atoms with Crippen LogP contribution in [0.5, 0.6) is 0 Å². The number of halogens is 3. The fourth-order valence-corrected chi connectivity index (χ4v) is 5.29. The Morgan fingerprint density at radius 1 is 0.786 bits per heavy atom. The first kappa shape index (κ1) is 18.4. The second-order valence-electron chi connectivity index (χ2n) is 7.25. The minimum Gasteiger partial charge on any atom is -0.274 e. The van der Waals surface area contributed by atoms with Crippen LogP contribution in [0.3, 0.4) is 0 Å². The number of rotatable bonds is 2. The molecule has 0 aromatic heterocycles. The lowest BCUT2D eigenvalue weighted by molar-refractivity contribution is -0.126. The van der Waals surface area contributed by atoms with Crippen LogP contribution in [-0.4, -0.2) is 41.0 Å². The molecule has 3 heterocycles. The number of anilines is 1. The van der Waals surface area contributed by atoms with Crippen molar-refractivity contribution in [1.29, 1.82) is 0 Å². The molecule has 3 saturated heterocycles. The van der Waals surface area contributed by atoms with Gasteiger partial charge in [0.1, 0.15) is 6.04 Å². The minimum absolute atomic E-state index is 0.197. The number of carbonyl (C=O) groups is 2.